The fourth-order valence-corrected chi connectivity index (χ4v) is 2.21. The third-order valence-corrected chi connectivity index (χ3v) is 3.52. The van der Waals surface area contributed by atoms with Gasteiger partial charge in [-0.3, -0.25) is 4.98 Å². The van der Waals surface area contributed by atoms with E-state index in [0.717, 1.165) is 17.1 Å². The predicted octanol–water partition coefficient (Wildman–Crippen LogP) is 3.24. The average molecular weight is 273 g/mol. The maximum Gasteiger partial charge on any atom is 0.433 e. The lowest BCUT2D eigenvalue weighted by Gasteiger charge is -2.06. The van der Waals surface area contributed by atoms with E-state index in [-0.39, 0.29) is 6.04 Å². The molecule has 0 aliphatic rings. The molecule has 2 heterocycles. The minimum Gasteiger partial charge on any atom is -0.323 e. The summed E-state index contributed by atoms with van der Waals surface area (Å²) in [6, 6.07) is 2.31. The van der Waals surface area contributed by atoms with E-state index < -0.39 is 11.9 Å². The molecule has 0 amide bonds. The minimum absolute atomic E-state index is 0.180. The lowest BCUT2D eigenvalue weighted by Crippen LogP contribution is -2.07. The highest BCUT2D eigenvalue weighted by atomic mass is 32.1. The van der Waals surface area contributed by atoms with Crippen molar-refractivity contribution >= 4 is 11.3 Å². The Labute approximate surface area is 105 Å². The number of thiazole rings is 1. The summed E-state index contributed by atoms with van der Waals surface area (Å²) in [5, 5.41) is 0.509. The Kier molecular flexibility index (Phi) is 3.36. The molecule has 0 fully saturated rings. The van der Waals surface area contributed by atoms with Crippen LogP contribution in [0.5, 0.6) is 0 Å². The molecule has 7 heteroatoms. The summed E-state index contributed by atoms with van der Waals surface area (Å²) < 4.78 is 37.6. The molecule has 2 aromatic rings. The number of alkyl halides is 3. The fraction of sp³-hybridized carbons (Fsp3) is 0.273. The summed E-state index contributed by atoms with van der Waals surface area (Å²) in [4.78, 5) is 8.21. The first-order valence-electron chi connectivity index (χ1n) is 5.13. The third-order valence-electron chi connectivity index (χ3n) is 2.27. The van der Waals surface area contributed by atoms with E-state index >= 15 is 0 Å². The molecule has 0 aliphatic heterocycles. The van der Waals surface area contributed by atoms with Crippen LogP contribution in [0.4, 0.5) is 13.2 Å². The lowest BCUT2D eigenvalue weighted by atomic mass is 10.2. The van der Waals surface area contributed by atoms with Crippen LogP contribution >= 0.6 is 11.3 Å². The van der Waals surface area contributed by atoms with Gasteiger partial charge in [0.25, 0.3) is 0 Å². The molecule has 0 spiro atoms. The molecule has 0 unspecified atom stereocenters. The second kappa shape index (κ2) is 4.66. The van der Waals surface area contributed by atoms with E-state index in [4.69, 9.17) is 5.73 Å². The average Bonchev–Trinajstić information content (AvgIpc) is 2.77. The summed E-state index contributed by atoms with van der Waals surface area (Å²) in [7, 11) is 0. The van der Waals surface area contributed by atoms with Gasteiger partial charge in [0, 0.05) is 28.9 Å². The zero-order valence-electron chi connectivity index (χ0n) is 9.40. The molecule has 0 aliphatic carbocycles. The van der Waals surface area contributed by atoms with Gasteiger partial charge < -0.3 is 5.73 Å². The molecule has 0 radical (unpaired) electrons. The number of halogens is 3. The number of aromatic nitrogens is 2. The summed E-state index contributed by atoms with van der Waals surface area (Å²) in [6.45, 7) is 1.80. The molecule has 0 saturated heterocycles. The molecule has 0 saturated carbocycles. The van der Waals surface area contributed by atoms with Crippen LogP contribution in [0.1, 0.15) is 23.5 Å². The first-order chi connectivity index (χ1) is 8.38. The maximum atomic E-state index is 12.5. The second-order valence-electron chi connectivity index (χ2n) is 3.78. The Morgan fingerprint density at radius 1 is 1.33 bits per heavy atom. The highest BCUT2D eigenvalue weighted by Gasteiger charge is 2.32. The number of nitrogens with zero attached hydrogens (tertiary/aromatic N) is 2. The van der Waals surface area contributed by atoms with Crippen molar-refractivity contribution in [3.63, 3.8) is 0 Å². The number of pyridine rings is 1. The highest BCUT2D eigenvalue weighted by Crippen LogP contribution is 2.32. The van der Waals surface area contributed by atoms with Crippen LogP contribution in [0.25, 0.3) is 10.6 Å². The SMILES string of the molecule is C[C@H](N)c1cnc(-c2ccnc(C(F)(F)F)c2)s1. The highest BCUT2D eigenvalue weighted by molar-refractivity contribution is 7.15. The van der Waals surface area contributed by atoms with E-state index in [0.29, 0.717) is 10.6 Å². The van der Waals surface area contributed by atoms with Crippen LogP contribution < -0.4 is 5.73 Å². The number of rotatable bonds is 2. The van der Waals surface area contributed by atoms with Gasteiger partial charge in [0.1, 0.15) is 10.7 Å². The van der Waals surface area contributed by atoms with Crippen LogP contribution in [0, 0.1) is 0 Å². The van der Waals surface area contributed by atoms with E-state index in [1.165, 1.54) is 17.4 Å². The van der Waals surface area contributed by atoms with Crippen molar-refractivity contribution in [1.82, 2.24) is 9.97 Å². The zero-order valence-corrected chi connectivity index (χ0v) is 10.2. The molecule has 0 aromatic carbocycles. The standard InChI is InChI=1S/C11H10F3N3S/c1-6(15)8-5-17-10(18-8)7-2-3-16-9(4-7)11(12,13)14/h2-6H,15H2,1H3/t6-/m0/s1. The molecule has 3 nitrogen and oxygen atoms in total. The van der Waals surface area contributed by atoms with Crippen molar-refractivity contribution in [2.24, 2.45) is 5.73 Å². The predicted molar refractivity (Wildman–Crippen MR) is 62.9 cm³/mol. The van der Waals surface area contributed by atoms with E-state index in [1.807, 2.05) is 0 Å². The number of hydrogen-bond acceptors (Lipinski definition) is 4. The van der Waals surface area contributed by atoms with Gasteiger partial charge in [0.2, 0.25) is 0 Å². The summed E-state index contributed by atoms with van der Waals surface area (Å²) in [5.74, 6) is 0. The Morgan fingerprint density at radius 2 is 2.06 bits per heavy atom. The monoisotopic (exact) mass is 273 g/mol. The number of hydrogen-bond donors (Lipinski definition) is 1. The van der Waals surface area contributed by atoms with Gasteiger partial charge in [-0.25, -0.2) is 4.98 Å². The van der Waals surface area contributed by atoms with Crippen LogP contribution in [-0.4, -0.2) is 9.97 Å². The van der Waals surface area contributed by atoms with Gasteiger partial charge in [0.15, 0.2) is 0 Å². The van der Waals surface area contributed by atoms with Crippen LogP contribution in [0.2, 0.25) is 0 Å². The summed E-state index contributed by atoms with van der Waals surface area (Å²) >= 11 is 1.28. The summed E-state index contributed by atoms with van der Waals surface area (Å²) in [5.41, 5.74) is 5.16. The van der Waals surface area contributed by atoms with Gasteiger partial charge in [-0.2, -0.15) is 13.2 Å². The van der Waals surface area contributed by atoms with Crippen molar-refractivity contribution in [3.05, 3.63) is 35.1 Å². The third kappa shape index (κ3) is 2.68. The van der Waals surface area contributed by atoms with Crippen LogP contribution in [0.15, 0.2) is 24.5 Å². The molecule has 2 aromatic heterocycles. The molecule has 18 heavy (non-hydrogen) atoms. The van der Waals surface area contributed by atoms with Crippen molar-refractivity contribution in [3.8, 4) is 10.6 Å². The fourth-order valence-electron chi connectivity index (χ4n) is 1.35. The van der Waals surface area contributed by atoms with Gasteiger partial charge >= 0.3 is 6.18 Å². The molecular formula is C11H10F3N3S. The Morgan fingerprint density at radius 3 is 2.61 bits per heavy atom. The van der Waals surface area contributed by atoms with Crippen LogP contribution in [0.3, 0.4) is 0 Å². The lowest BCUT2D eigenvalue weighted by molar-refractivity contribution is -0.141. The first kappa shape index (κ1) is 13.0. The van der Waals surface area contributed by atoms with Gasteiger partial charge in [0.05, 0.1) is 0 Å². The summed E-state index contributed by atoms with van der Waals surface area (Å²) in [6.07, 6.45) is -1.74. The van der Waals surface area contributed by atoms with E-state index in [2.05, 4.69) is 9.97 Å². The Hall–Kier alpha value is -1.47. The maximum absolute atomic E-state index is 12.5. The molecule has 96 valence electrons. The van der Waals surface area contributed by atoms with Crippen molar-refractivity contribution in [2.45, 2.75) is 19.1 Å². The normalized spacial score (nSPS) is 13.6. The Bertz CT molecular complexity index is 548. The molecule has 2 N–H and O–H groups in total. The van der Waals surface area contributed by atoms with Crippen molar-refractivity contribution in [2.75, 3.05) is 0 Å². The van der Waals surface area contributed by atoms with Crippen molar-refractivity contribution in [1.29, 1.82) is 0 Å². The Balaban J connectivity index is 2.38. The molecular weight excluding hydrogens is 263 g/mol. The largest absolute Gasteiger partial charge is 0.433 e. The van der Waals surface area contributed by atoms with Gasteiger partial charge in [-0.15, -0.1) is 11.3 Å². The van der Waals surface area contributed by atoms with Gasteiger partial charge in [-0.05, 0) is 19.1 Å². The number of nitrogens with two attached hydrogens (primary N) is 1. The molecule has 1 atom stereocenters. The van der Waals surface area contributed by atoms with E-state index in [9.17, 15) is 13.2 Å². The molecule has 2 rings (SSSR count). The smallest absolute Gasteiger partial charge is 0.323 e. The second-order valence-corrected chi connectivity index (χ2v) is 4.85. The first-order valence-corrected chi connectivity index (χ1v) is 5.94. The van der Waals surface area contributed by atoms with Crippen molar-refractivity contribution < 1.29 is 13.2 Å². The zero-order chi connectivity index (χ0) is 13.3. The molecule has 0 bridgehead atoms. The van der Waals surface area contributed by atoms with E-state index in [1.54, 1.807) is 13.1 Å². The van der Waals surface area contributed by atoms with Crippen LogP contribution in [-0.2, 0) is 6.18 Å². The van der Waals surface area contributed by atoms with Gasteiger partial charge in [-0.1, -0.05) is 0 Å². The topological polar surface area (TPSA) is 51.8 Å². The quantitative estimate of drug-likeness (QED) is 0.913. The minimum atomic E-state index is -4.45.